The van der Waals surface area contributed by atoms with E-state index in [1.165, 1.54) is 7.05 Å². The van der Waals surface area contributed by atoms with Crippen molar-refractivity contribution in [1.82, 2.24) is 20.5 Å². The number of hydrogen-bond donors (Lipinski definition) is 2. The van der Waals surface area contributed by atoms with Crippen LogP contribution >= 0.6 is 24.0 Å². The molecule has 0 amide bonds. The van der Waals surface area contributed by atoms with E-state index in [9.17, 15) is 17.6 Å². The van der Waals surface area contributed by atoms with Crippen molar-refractivity contribution in [2.45, 2.75) is 19.3 Å². The summed E-state index contributed by atoms with van der Waals surface area (Å²) in [6.45, 7) is 4.05. The van der Waals surface area contributed by atoms with Crippen LogP contribution in [0.15, 0.2) is 41.5 Å². The zero-order chi connectivity index (χ0) is 22.4. The Labute approximate surface area is 202 Å². The first-order chi connectivity index (χ1) is 14.8. The molecule has 1 aliphatic rings. The molecule has 2 aromatic rings. The van der Waals surface area contributed by atoms with E-state index in [2.05, 4.69) is 37.5 Å². The van der Waals surface area contributed by atoms with E-state index < -0.39 is 17.6 Å². The second kappa shape index (κ2) is 11.6. The third-order valence-corrected chi connectivity index (χ3v) is 5.14. The second-order valence-electron chi connectivity index (χ2n) is 7.39. The molecule has 2 N–H and O–H groups in total. The van der Waals surface area contributed by atoms with Crippen LogP contribution in [0.25, 0.3) is 0 Å². The first-order valence-corrected chi connectivity index (χ1v) is 9.95. The predicted octanol–water partition coefficient (Wildman–Crippen LogP) is 3.47. The van der Waals surface area contributed by atoms with Crippen LogP contribution in [0.4, 0.5) is 23.4 Å². The topological polar surface area (TPSA) is 55.8 Å². The normalized spacial score (nSPS) is 15.3. The predicted molar refractivity (Wildman–Crippen MR) is 128 cm³/mol. The molecule has 1 aromatic carbocycles. The molecular formula is C21H27F4IN6. The molecular weight excluding hydrogens is 539 g/mol. The lowest BCUT2D eigenvalue weighted by Gasteiger charge is -2.33. The molecule has 3 rings (SSSR count). The van der Waals surface area contributed by atoms with Gasteiger partial charge in [-0.15, -0.1) is 24.0 Å². The molecule has 11 heteroatoms. The molecule has 1 fully saturated rings. The van der Waals surface area contributed by atoms with Crippen molar-refractivity contribution < 1.29 is 17.6 Å². The number of aliphatic imine (C=N–C) groups is 1. The van der Waals surface area contributed by atoms with Crippen molar-refractivity contribution >= 4 is 35.8 Å². The number of rotatable bonds is 5. The summed E-state index contributed by atoms with van der Waals surface area (Å²) >= 11 is 0. The zero-order valence-electron chi connectivity index (χ0n) is 17.9. The number of pyridine rings is 1. The standard InChI is InChI=1S/C21H26F4N6.HI/c1-26-20(29-14-16-3-4-17(22)12-18(16)21(23,24)25)28-13-15-5-6-27-19(11-15)31-9-7-30(2)8-10-31;/h3-6,11-12H,7-10,13-14H2,1-2H3,(H2,26,28,29);1H. The van der Waals surface area contributed by atoms with Gasteiger partial charge in [0, 0.05) is 52.5 Å². The summed E-state index contributed by atoms with van der Waals surface area (Å²) in [5.74, 6) is 0.319. The van der Waals surface area contributed by atoms with Gasteiger partial charge in [0.15, 0.2) is 5.96 Å². The van der Waals surface area contributed by atoms with Crippen LogP contribution in [-0.4, -0.2) is 56.1 Å². The summed E-state index contributed by atoms with van der Waals surface area (Å²) in [4.78, 5) is 13.0. The van der Waals surface area contributed by atoms with Gasteiger partial charge in [0.1, 0.15) is 11.6 Å². The van der Waals surface area contributed by atoms with E-state index in [1.807, 2.05) is 12.1 Å². The summed E-state index contributed by atoms with van der Waals surface area (Å²) in [5.41, 5.74) is -0.0795. The minimum atomic E-state index is -4.63. The Morgan fingerprint density at radius 3 is 2.41 bits per heavy atom. The van der Waals surface area contributed by atoms with Crippen LogP contribution in [-0.2, 0) is 19.3 Å². The van der Waals surface area contributed by atoms with Crippen LogP contribution < -0.4 is 15.5 Å². The van der Waals surface area contributed by atoms with Gasteiger partial charge in [0.2, 0.25) is 0 Å². The fourth-order valence-electron chi connectivity index (χ4n) is 3.33. The summed E-state index contributed by atoms with van der Waals surface area (Å²) in [6.07, 6.45) is -2.89. The SMILES string of the molecule is CN=C(NCc1ccnc(N2CCN(C)CC2)c1)NCc1ccc(F)cc1C(F)(F)F.I. The molecule has 0 atom stereocenters. The van der Waals surface area contributed by atoms with Gasteiger partial charge in [-0.1, -0.05) is 6.07 Å². The van der Waals surface area contributed by atoms with Crippen LogP contribution in [0.1, 0.15) is 16.7 Å². The largest absolute Gasteiger partial charge is 0.416 e. The smallest absolute Gasteiger partial charge is 0.354 e. The Bertz CT molecular complexity index is 913. The minimum Gasteiger partial charge on any atom is -0.354 e. The highest BCUT2D eigenvalue weighted by Crippen LogP contribution is 2.32. The van der Waals surface area contributed by atoms with Gasteiger partial charge in [-0.3, -0.25) is 4.99 Å². The molecule has 0 aliphatic carbocycles. The third kappa shape index (κ3) is 7.19. The fourth-order valence-corrected chi connectivity index (χ4v) is 3.33. The highest BCUT2D eigenvalue weighted by atomic mass is 127. The average molecular weight is 566 g/mol. The number of guanidine groups is 1. The van der Waals surface area contributed by atoms with Crippen molar-refractivity contribution in [3.05, 3.63) is 59.0 Å². The number of likely N-dealkylation sites (N-methyl/N-ethyl adjacent to an activating group) is 1. The van der Waals surface area contributed by atoms with Gasteiger partial charge in [0.05, 0.1) is 5.56 Å². The molecule has 1 aromatic heterocycles. The molecule has 32 heavy (non-hydrogen) atoms. The lowest BCUT2D eigenvalue weighted by atomic mass is 10.1. The summed E-state index contributed by atoms with van der Waals surface area (Å²) in [6, 6.07) is 6.52. The molecule has 1 aliphatic heterocycles. The fraction of sp³-hybridized carbons (Fsp3) is 0.429. The van der Waals surface area contributed by atoms with Crippen molar-refractivity contribution in [3.8, 4) is 0 Å². The van der Waals surface area contributed by atoms with Gasteiger partial charge < -0.3 is 20.4 Å². The van der Waals surface area contributed by atoms with Crippen molar-refractivity contribution in [1.29, 1.82) is 0 Å². The van der Waals surface area contributed by atoms with Crippen LogP contribution in [0, 0.1) is 5.82 Å². The maximum atomic E-state index is 13.3. The average Bonchev–Trinajstić information content (AvgIpc) is 2.74. The third-order valence-electron chi connectivity index (χ3n) is 5.14. The number of nitrogens with zero attached hydrogens (tertiary/aromatic N) is 4. The first kappa shape index (κ1) is 26.1. The highest BCUT2D eigenvalue weighted by Gasteiger charge is 2.33. The lowest BCUT2D eigenvalue weighted by molar-refractivity contribution is -0.138. The molecule has 0 spiro atoms. The molecule has 0 unspecified atom stereocenters. The molecule has 0 radical (unpaired) electrons. The van der Waals surface area contributed by atoms with E-state index in [1.54, 1.807) is 6.20 Å². The minimum absolute atomic E-state index is 0. The summed E-state index contributed by atoms with van der Waals surface area (Å²) in [5, 5.41) is 5.95. The number of hydrogen-bond acceptors (Lipinski definition) is 4. The van der Waals surface area contributed by atoms with E-state index in [0.29, 0.717) is 18.6 Å². The zero-order valence-corrected chi connectivity index (χ0v) is 20.2. The van der Waals surface area contributed by atoms with Gasteiger partial charge in [-0.25, -0.2) is 9.37 Å². The summed E-state index contributed by atoms with van der Waals surface area (Å²) in [7, 11) is 3.63. The summed E-state index contributed by atoms with van der Waals surface area (Å²) < 4.78 is 52.8. The molecule has 1 saturated heterocycles. The van der Waals surface area contributed by atoms with Gasteiger partial charge >= 0.3 is 6.18 Å². The Kier molecular flexibility index (Phi) is 9.49. The van der Waals surface area contributed by atoms with Crippen LogP contribution in [0.2, 0.25) is 0 Å². The van der Waals surface area contributed by atoms with E-state index >= 15 is 0 Å². The quantitative estimate of drug-likeness (QED) is 0.252. The molecule has 0 saturated carbocycles. The Morgan fingerprint density at radius 1 is 1.06 bits per heavy atom. The second-order valence-corrected chi connectivity index (χ2v) is 7.39. The van der Waals surface area contributed by atoms with E-state index in [0.717, 1.165) is 49.7 Å². The molecule has 6 nitrogen and oxygen atoms in total. The van der Waals surface area contributed by atoms with Crippen molar-refractivity contribution in [2.75, 3.05) is 45.2 Å². The maximum Gasteiger partial charge on any atom is 0.416 e. The van der Waals surface area contributed by atoms with Gasteiger partial charge in [-0.2, -0.15) is 13.2 Å². The van der Waals surface area contributed by atoms with E-state index in [-0.39, 0.29) is 36.1 Å². The van der Waals surface area contributed by atoms with Crippen molar-refractivity contribution in [3.63, 3.8) is 0 Å². The number of anilines is 1. The Morgan fingerprint density at radius 2 is 1.75 bits per heavy atom. The molecule has 176 valence electrons. The monoisotopic (exact) mass is 566 g/mol. The van der Waals surface area contributed by atoms with E-state index in [4.69, 9.17) is 0 Å². The van der Waals surface area contributed by atoms with Gasteiger partial charge in [-0.05, 0) is 42.4 Å². The number of nitrogens with one attached hydrogen (secondary N) is 2. The van der Waals surface area contributed by atoms with Crippen molar-refractivity contribution in [2.24, 2.45) is 4.99 Å². The first-order valence-electron chi connectivity index (χ1n) is 9.95. The van der Waals surface area contributed by atoms with Gasteiger partial charge in [0.25, 0.3) is 0 Å². The van der Waals surface area contributed by atoms with Crippen LogP contribution in [0.3, 0.4) is 0 Å². The van der Waals surface area contributed by atoms with Crippen LogP contribution in [0.5, 0.6) is 0 Å². The molecule has 0 bridgehead atoms. The Balaban J connectivity index is 0.00000363. The lowest BCUT2D eigenvalue weighted by Crippen LogP contribution is -2.44. The maximum absolute atomic E-state index is 13.3. The number of piperazine rings is 1. The number of benzene rings is 1. The highest BCUT2D eigenvalue weighted by molar-refractivity contribution is 14.0. The number of alkyl halides is 3. The number of aromatic nitrogens is 1. The molecule has 2 heterocycles. The Hall–Kier alpha value is -2.15. The number of halogens is 5.